The van der Waals surface area contributed by atoms with Gasteiger partial charge in [-0.25, -0.2) is 0 Å². The van der Waals surface area contributed by atoms with Gasteiger partial charge in [0.2, 0.25) is 5.72 Å². The third-order valence-corrected chi connectivity index (χ3v) is 7.50. The summed E-state index contributed by atoms with van der Waals surface area (Å²) < 4.78 is 1.29. The fourth-order valence-electron chi connectivity index (χ4n) is 4.95. The van der Waals surface area contributed by atoms with Crippen LogP contribution in [0.2, 0.25) is 0 Å². The molecule has 0 aliphatic carbocycles. The number of benzene rings is 1. The van der Waals surface area contributed by atoms with Gasteiger partial charge in [0.15, 0.2) is 5.84 Å². The lowest BCUT2D eigenvalue weighted by molar-refractivity contribution is -0.198. The predicted molar refractivity (Wildman–Crippen MR) is 111 cm³/mol. The van der Waals surface area contributed by atoms with Crippen LogP contribution in [-0.4, -0.2) is 46.0 Å². The normalized spacial score (nSPS) is 28.7. The van der Waals surface area contributed by atoms with Crippen LogP contribution in [0.1, 0.15) is 23.3 Å². The molecule has 1 spiro atoms. The number of rotatable bonds is 3. The number of piperidine rings is 3. The Bertz CT molecular complexity index is 1010. The molecule has 3 aromatic rings. The van der Waals surface area contributed by atoms with E-state index >= 15 is 0 Å². The molecule has 1 unspecified atom stereocenters. The van der Waals surface area contributed by atoms with E-state index in [1.807, 2.05) is 18.5 Å². The molecule has 0 saturated carbocycles. The van der Waals surface area contributed by atoms with Crippen molar-refractivity contribution in [3.05, 3.63) is 65.3 Å². The number of nitrogens with zero attached hydrogens (tertiary/aromatic N) is 4. The zero-order valence-corrected chi connectivity index (χ0v) is 16.4. The molecule has 1 aromatic carbocycles. The molecule has 0 N–H and O–H groups in total. The fourth-order valence-corrected chi connectivity index (χ4v) is 6.01. The van der Waals surface area contributed by atoms with Crippen LogP contribution in [0, 0.1) is 5.92 Å². The Morgan fingerprint density at radius 1 is 1.14 bits per heavy atom. The third-order valence-electron chi connectivity index (χ3n) is 6.39. The van der Waals surface area contributed by atoms with E-state index in [4.69, 9.17) is 4.84 Å². The highest BCUT2D eigenvalue weighted by Crippen LogP contribution is 2.45. The summed E-state index contributed by atoms with van der Waals surface area (Å²) >= 11 is 1.79. The lowest BCUT2D eigenvalue weighted by Gasteiger charge is -2.53. The highest BCUT2D eigenvalue weighted by Gasteiger charge is 2.57. The van der Waals surface area contributed by atoms with Gasteiger partial charge in [-0.3, -0.25) is 9.88 Å². The first-order chi connectivity index (χ1) is 13.8. The van der Waals surface area contributed by atoms with Gasteiger partial charge in [-0.15, -0.1) is 11.3 Å². The molecule has 4 aliphatic rings. The van der Waals surface area contributed by atoms with Crippen LogP contribution in [0.3, 0.4) is 0 Å². The van der Waals surface area contributed by atoms with Crippen LogP contribution >= 0.6 is 11.3 Å². The van der Waals surface area contributed by atoms with Crippen LogP contribution in [0.5, 0.6) is 0 Å². The second-order valence-corrected chi connectivity index (χ2v) is 9.08. The van der Waals surface area contributed by atoms with Crippen LogP contribution in [0.4, 0.5) is 0 Å². The van der Waals surface area contributed by atoms with E-state index in [0.29, 0.717) is 5.92 Å². The van der Waals surface area contributed by atoms with E-state index in [9.17, 15) is 0 Å². The van der Waals surface area contributed by atoms with E-state index < -0.39 is 0 Å². The van der Waals surface area contributed by atoms with Crippen molar-refractivity contribution >= 4 is 27.3 Å². The highest BCUT2D eigenvalue weighted by atomic mass is 32.1. The van der Waals surface area contributed by atoms with Gasteiger partial charge in [0, 0.05) is 29.6 Å². The minimum absolute atomic E-state index is 0.349. The molecular formula is C22H22N4OS. The third kappa shape index (κ3) is 2.48. The SMILES string of the molecule is c1cncc(CN2C(c3cc4ccccc4s3)=NOC23CN2CCC3CC2)c1. The molecule has 0 amide bonds. The lowest BCUT2D eigenvalue weighted by Crippen LogP contribution is -2.66. The van der Waals surface area contributed by atoms with Crippen LogP contribution in [0.15, 0.2) is 60.0 Å². The molecule has 3 saturated heterocycles. The van der Waals surface area contributed by atoms with Gasteiger partial charge in [0.05, 0.1) is 11.4 Å². The summed E-state index contributed by atoms with van der Waals surface area (Å²) in [6, 6.07) is 14.9. The van der Waals surface area contributed by atoms with Gasteiger partial charge in [0.1, 0.15) is 0 Å². The average molecular weight is 391 g/mol. The maximum absolute atomic E-state index is 6.32. The van der Waals surface area contributed by atoms with E-state index in [-0.39, 0.29) is 5.72 Å². The zero-order valence-electron chi connectivity index (χ0n) is 15.6. The minimum atomic E-state index is -0.349. The van der Waals surface area contributed by atoms with Crippen molar-refractivity contribution in [3.63, 3.8) is 0 Å². The Morgan fingerprint density at radius 2 is 2.04 bits per heavy atom. The molecular weight excluding hydrogens is 368 g/mol. The molecule has 5 nitrogen and oxygen atoms in total. The van der Waals surface area contributed by atoms with Crippen molar-refractivity contribution in [2.45, 2.75) is 25.1 Å². The van der Waals surface area contributed by atoms with Crippen molar-refractivity contribution in [1.29, 1.82) is 0 Å². The Kier molecular flexibility index (Phi) is 3.71. The molecule has 4 aliphatic heterocycles. The van der Waals surface area contributed by atoms with E-state index in [2.05, 4.69) is 56.3 Å². The summed E-state index contributed by atoms with van der Waals surface area (Å²) in [6.07, 6.45) is 6.14. The van der Waals surface area contributed by atoms with Gasteiger partial charge < -0.3 is 9.74 Å². The molecule has 142 valence electrons. The Balaban J connectivity index is 1.43. The standard InChI is InChI=1S/C22H22N4OS/c1-2-6-19-17(5-1)12-20(28-19)21-24-27-22(15-25-10-7-18(22)8-11-25)26(21)14-16-4-3-9-23-13-16/h1-6,9,12-13,18H,7-8,10-11,14-15H2. The summed E-state index contributed by atoms with van der Waals surface area (Å²) in [5, 5.41) is 5.95. The average Bonchev–Trinajstić information content (AvgIpc) is 3.32. The molecule has 28 heavy (non-hydrogen) atoms. The summed E-state index contributed by atoms with van der Waals surface area (Å²) in [5.74, 6) is 1.49. The number of hydrogen-bond donors (Lipinski definition) is 0. The number of pyridine rings is 1. The molecule has 0 radical (unpaired) electrons. The monoisotopic (exact) mass is 390 g/mol. The first kappa shape index (κ1) is 16.5. The van der Waals surface area contributed by atoms with E-state index in [1.165, 1.54) is 46.5 Å². The van der Waals surface area contributed by atoms with Crippen molar-refractivity contribution in [2.75, 3.05) is 19.6 Å². The van der Waals surface area contributed by atoms with Crippen molar-refractivity contribution in [1.82, 2.24) is 14.8 Å². The van der Waals surface area contributed by atoms with Crippen molar-refractivity contribution in [3.8, 4) is 0 Å². The molecule has 2 aromatic heterocycles. The Labute approximate surface area is 168 Å². The maximum Gasteiger partial charge on any atom is 0.227 e. The summed E-state index contributed by atoms with van der Waals surface area (Å²) in [4.78, 5) is 16.8. The smallest absolute Gasteiger partial charge is 0.227 e. The largest absolute Gasteiger partial charge is 0.363 e. The number of aromatic nitrogens is 1. The molecule has 1 atom stereocenters. The summed E-state index contributed by atoms with van der Waals surface area (Å²) in [7, 11) is 0. The second-order valence-electron chi connectivity index (χ2n) is 8.00. The topological polar surface area (TPSA) is 41.0 Å². The first-order valence-corrected chi connectivity index (χ1v) is 10.8. The van der Waals surface area contributed by atoms with E-state index in [0.717, 1.165) is 18.9 Å². The highest BCUT2D eigenvalue weighted by molar-refractivity contribution is 7.20. The number of thiophene rings is 1. The number of amidine groups is 1. The van der Waals surface area contributed by atoms with Gasteiger partial charge in [-0.1, -0.05) is 29.4 Å². The number of oxime groups is 1. The van der Waals surface area contributed by atoms with Crippen molar-refractivity contribution in [2.24, 2.45) is 11.1 Å². The van der Waals surface area contributed by atoms with E-state index in [1.54, 1.807) is 11.3 Å². The fraction of sp³-hybridized carbons (Fsp3) is 0.364. The Morgan fingerprint density at radius 3 is 2.79 bits per heavy atom. The minimum Gasteiger partial charge on any atom is -0.363 e. The maximum atomic E-state index is 6.32. The van der Waals surface area contributed by atoms with Crippen LogP contribution in [-0.2, 0) is 11.4 Å². The molecule has 2 bridgehead atoms. The molecule has 6 heterocycles. The van der Waals surface area contributed by atoms with Gasteiger partial charge in [-0.05, 0) is 55.1 Å². The zero-order chi connectivity index (χ0) is 18.6. The quantitative estimate of drug-likeness (QED) is 0.680. The summed E-state index contributed by atoms with van der Waals surface area (Å²) in [5.41, 5.74) is 0.843. The lowest BCUT2D eigenvalue weighted by atomic mass is 9.79. The second kappa shape index (κ2) is 6.29. The Hall–Kier alpha value is -2.44. The van der Waals surface area contributed by atoms with Crippen LogP contribution < -0.4 is 0 Å². The molecule has 3 fully saturated rings. The number of fused-ring (bicyclic) bond motifs is 3. The van der Waals surface area contributed by atoms with Crippen molar-refractivity contribution < 1.29 is 4.84 Å². The van der Waals surface area contributed by atoms with Crippen LogP contribution in [0.25, 0.3) is 10.1 Å². The predicted octanol–water partition coefficient (Wildman–Crippen LogP) is 3.91. The van der Waals surface area contributed by atoms with Gasteiger partial charge in [0.25, 0.3) is 0 Å². The first-order valence-electron chi connectivity index (χ1n) is 9.96. The van der Waals surface area contributed by atoms with Gasteiger partial charge in [-0.2, -0.15) is 0 Å². The summed E-state index contributed by atoms with van der Waals surface area (Å²) in [6.45, 7) is 4.05. The molecule has 7 rings (SSSR count). The molecule has 6 heteroatoms. The number of hydrogen-bond acceptors (Lipinski definition) is 6. The van der Waals surface area contributed by atoms with Gasteiger partial charge >= 0.3 is 0 Å².